The molecule has 1 N–H and O–H groups in total. The van der Waals surface area contributed by atoms with Crippen LogP contribution in [0.5, 0.6) is 0 Å². The second kappa shape index (κ2) is 6.23. The molecule has 124 valence electrons. The molecule has 0 aromatic carbocycles. The lowest BCUT2D eigenvalue weighted by molar-refractivity contribution is 0.0197. The van der Waals surface area contributed by atoms with Gasteiger partial charge in [0, 0.05) is 19.1 Å². The number of amides is 1. The Labute approximate surface area is 134 Å². The summed E-state index contributed by atoms with van der Waals surface area (Å²) in [5.41, 5.74) is -0.401. The SMILES string of the molecule is CC(C)(C)OC(=O)N1CCC(NCC2CC3C=CC2C3)CC1. The number of piperidine rings is 1. The first-order valence-corrected chi connectivity index (χ1v) is 8.80. The highest BCUT2D eigenvalue weighted by Crippen LogP contribution is 2.43. The van der Waals surface area contributed by atoms with Crippen LogP contribution >= 0.6 is 0 Å². The van der Waals surface area contributed by atoms with Gasteiger partial charge in [-0.1, -0.05) is 12.2 Å². The van der Waals surface area contributed by atoms with E-state index < -0.39 is 5.60 Å². The van der Waals surface area contributed by atoms with E-state index in [-0.39, 0.29) is 6.09 Å². The molecule has 1 aliphatic heterocycles. The number of fused-ring (bicyclic) bond motifs is 2. The quantitative estimate of drug-likeness (QED) is 0.814. The van der Waals surface area contributed by atoms with Crippen molar-refractivity contribution < 1.29 is 9.53 Å². The smallest absolute Gasteiger partial charge is 0.410 e. The van der Waals surface area contributed by atoms with Gasteiger partial charge in [-0.05, 0) is 70.8 Å². The Hall–Kier alpha value is -1.03. The molecule has 1 saturated carbocycles. The van der Waals surface area contributed by atoms with Gasteiger partial charge in [-0.3, -0.25) is 0 Å². The zero-order valence-electron chi connectivity index (χ0n) is 14.2. The number of allylic oxidation sites excluding steroid dienone is 2. The Morgan fingerprint density at radius 2 is 1.95 bits per heavy atom. The zero-order chi connectivity index (χ0) is 15.7. The van der Waals surface area contributed by atoms with Gasteiger partial charge >= 0.3 is 6.09 Å². The molecule has 3 aliphatic rings. The molecule has 2 aliphatic carbocycles. The van der Waals surface area contributed by atoms with Crippen molar-refractivity contribution in [2.45, 2.75) is 58.1 Å². The van der Waals surface area contributed by atoms with Crippen LogP contribution in [0.1, 0.15) is 46.5 Å². The lowest BCUT2D eigenvalue weighted by Gasteiger charge is -2.34. The van der Waals surface area contributed by atoms with Gasteiger partial charge in [0.2, 0.25) is 0 Å². The summed E-state index contributed by atoms with van der Waals surface area (Å²) in [6.45, 7) is 8.52. The van der Waals surface area contributed by atoms with Crippen LogP contribution in [0.15, 0.2) is 12.2 Å². The fourth-order valence-electron chi connectivity index (χ4n) is 4.04. The molecule has 3 unspecified atom stereocenters. The summed E-state index contributed by atoms with van der Waals surface area (Å²) in [6, 6.07) is 0.557. The van der Waals surface area contributed by atoms with Crippen LogP contribution in [0.2, 0.25) is 0 Å². The molecule has 0 aromatic heterocycles. The van der Waals surface area contributed by atoms with Crippen LogP contribution in [0.25, 0.3) is 0 Å². The van der Waals surface area contributed by atoms with E-state index >= 15 is 0 Å². The van der Waals surface area contributed by atoms with Crippen molar-refractivity contribution >= 4 is 6.09 Å². The van der Waals surface area contributed by atoms with E-state index in [4.69, 9.17) is 4.74 Å². The zero-order valence-corrected chi connectivity index (χ0v) is 14.2. The maximum absolute atomic E-state index is 12.0. The summed E-state index contributed by atoms with van der Waals surface area (Å²) in [4.78, 5) is 13.9. The molecule has 1 amide bonds. The second-order valence-electron chi connectivity index (χ2n) is 8.19. The van der Waals surface area contributed by atoms with E-state index in [1.54, 1.807) is 0 Å². The van der Waals surface area contributed by atoms with Crippen LogP contribution in [0, 0.1) is 17.8 Å². The lowest BCUT2D eigenvalue weighted by Crippen LogP contribution is -2.47. The first-order chi connectivity index (χ1) is 10.4. The van der Waals surface area contributed by atoms with Gasteiger partial charge in [-0.25, -0.2) is 4.79 Å². The highest BCUT2D eigenvalue weighted by atomic mass is 16.6. The molecule has 1 saturated heterocycles. The Balaban J connectivity index is 1.37. The first kappa shape index (κ1) is 15.9. The highest BCUT2D eigenvalue weighted by Gasteiger charge is 2.35. The van der Waals surface area contributed by atoms with Gasteiger partial charge in [0.05, 0.1) is 0 Å². The third-order valence-corrected chi connectivity index (χ3v) is 5.23. The second-order valence-corrected chi connectivity index (χ2v) is 8.19. The van der Waals surface area contributed by atoms with Gasteiger partial charge < -0.3 is 15.0 Å². The van der Waals surface area contributed by atoms with Gasteiger partial charge in [0.25, 0.3) is 0 Å². The number of carbonyl (C=O) groups is 1. The summed E-state index contributed by atoms with van der Waals surface area (Å²) in [5, 5.41) is 3.74. The third kappa shape index (κ3) is 3.83. The molecule has 22 heavy (non-hydrogen) atoms. The van der Waals surface area contributed by atoms with Crippen LogP contribution in [0.4, 0.5) is 4.79 Å². The van der Waals surface area contributed by atoms with E-state index in [1.165, 1.54) is 12.8 Å². The fourth-order valence-corrected chi connectivity index (χ4v) is 4.04. The number of nitrogens with zero attached hydrogens (tertiary/aromatic N) is 1. The van der Waals surface area contributed by atoms with Crippen molar-refractivity contribution in [1.82, 2.24) is 10.2 Å². The van der Waals surface area contributed by atoms with Gasteiger partial charge in [0.1, 0.15) is 5.60 Å². The van der Waals surface area contributed by atoms with E-state index in [0.29, 0.717) is 6.04 Å². The number of rotatable bonds is 3. The highest BCUT2D eigenvalue weighted by molar-refractivity contribution is 5.68. The van der Waals surface area contributed by atoms with Crippen LogP contribution in [-0.2, 0) is 4.74 Å². The Kier molecular flexibility index (Phi) is 4.49. The number of likely N-dealkylation sites (tertiary alicyclic amines) is 1. The minimum atomic E-state index is -0.401. The molecule has 4 heteroatoms. The summed E-state index contributed by atoms with van der Waals surface area (Å²) >= 11 is 0. The molecule has 0 aromatic rings. The van der Waals surface area contributed by atoms with E-state index in [2.05, 4.69) is 17.5 Å². The van der Waals surface area contributed by atoms with Crippen LogP contribution in [-0.4, -0.2) is 42.3 Å². The van der Waals surface area contributed by atoms with Gasteiger partial charge in [-0.2, -0.15) is 0 Å². The normalized spacial score (nSPS) is 31.8. The Bertz CT molecular complexity index is 433. The molecule has 2 fully saturated rings. The molecule has 4 nitrogen and oxygen atoms in total. The Morgan fingerprint density at radius 3 is 2.50 bits per heavy atom. The predicted octanol–water partition coefficient (Wildman–Crippen LogP) is 3.19. The standard InChI is InChI=1S/C18H30N2O2/c1-18(2,3)22-17(21)20-8-6-16(7-9-20)19-12-15-11-13-4-5-14(15)10-13/h4-5,13-16,19H,6-12H2,1-3H3. The molecule has 0 radical (unpaired) electrons. The molecule has 1 heterocycles. The summed E-state index contributed by atoms with van der Waals surface area (Å²) in [7, 11) is 0. The average Bonchev–Trinajstić information content (AvgIpc) is 3.06. The third-order valence-electron chi connectivity index (χ3n) is 5.23. The molecule has 2 bridgehead atoms. The molecule has 3 rings (SSSR count). The maximum Gasteiger partial charge on any atom is 0.410 e. The maximum atomic E-state index is 12.0. The number of carbonyl (C=O) groups excluding carboxylic acids is 1. The predicted molar refractivity (Wildman–Crippen MR) is 87.7 cm³/mol. The van der Waals surface area contributed by atoms with Crippen molar-refractivity contribution in [1.29, 1.82) is 0 Å². The monoisotopic (exact) mass is 306 g/mol. The number of hydrogen-bond acceptors (Lipinski definition) is 3. The largest absolute Gasteiger partial charge is 0.444 e. The van der Waals surface area contributed by atoms with Crippen molar-refractivity contribution in [2.75, 3.05) is 19.6 Å². The lowest BCUT2D eigenvalue weighted by atomic mass is 9.93. The van der Waals surface area contributed by atoms with Crippen molar-refractivity contribution in [3.8, 4) is 0 Å². The number of ether oxygens (including phenoxy) is 1. The number of hydrogen-bond donors (Lipinski definition) is 1. The van der Waals surface area contributed by atoms with Crippen molar-refractivity contribution in [2.24, 2.45) is 17.8 Å². The van der Waals surface area contributed by atoms with E-state index in [0.717, 1.165) is 50.2 Å². The van der Waals surface area contributed by atoms with Gasteiger partial charge in [0.15, 0.2) is 0 Å². The summed E-state index contributed by atoms with van der Waals surface area (Å²) in [5.74, 6) is 2.50. The van der Waals surface area contributed by atoms with Crippen LogP contribution < -0.4 is 5.32 Å². The van der Waals surface area contributed by atoms with E-state index in [1.807, 2.05) is 25.7 Å². The van der Waals surface area contributed by atoms with Crippen molar-refractivity contribution in [3.63, 3.8) is 0 Å². The molecule has 3 atom stereocenters. The fraction of sp³-hybridized carbons (Fsp3) is 0.833. The minimum Gasteiger partial charge on any atom is -0.444 e. The average molecular weight is 306 g/mol. The summed E-state index contributed by atoms with van der Waals surface area (Å²) < 4.78 is 5.45. The molecular formula is C18H30N2O2. The molecule has 0 spiro atoms. The number of nitrogens with one attached hydrogen (secondary N) is 1. The molecular weight excluding hydrogens is 276 g/mol. The summed E-state index contributed by atoms with van der Waals surface area (Å²) in [6.07, 6.45) is 9.48. The first-order valence-electron chi connectivity index (χ1n) is 8.80. The van der Waals surface area contributed by atoms with Crippen LogP contribution in [0.3, 0.4) is 0 Å². The Morgan fingerprint density at radius 1 is 1.23 bits per heavy atom. The minimum absolute atomic E-state index is 0.163. The van der Waals surface area contributed by atoms with E-state index in [9.17, 15) is 4.79 Å². The van der Waals surface area contributed by atoms with Gasteiger partial charge in [-0.15, -0.1) is 0 Å². The topological polar surface area (TPSA) is 41.6 Å². The van der Waals surface area contributed by atoms with Crippen molar-refractivity contribution in [3.05, 3.63) is 12.2 Å².